The zero-order chi connectivity index (χ0) is 25.5. The van der Waals surface area contributed by atoms with Crippen LogP contribution in [0.1, 0.15) is 11.1 Å². The molecule has 3 amide bonds. The third-order valence-electron chi connectivity index (χ3n) is 5.12. The van der Waals surface area contributed by atoms with Gasteiger partial charge in [-0.1, -0.05) is 48.0 Å². The standard InChI is InChI=1S/C27H23ClN2O5S/c1-18-6-4-8-20(14-18)34-13-12-30-26(32)24(36-27(30)33)16-19-7-5-9-21(15-19)35-17-25(31)29-23-11-3-2-10-22(23)28/h2-11,14-16H,12-13,17H2,1H3,(H,29,31)/b24-16-. The summed E-state index contributed by atoms with van der Waals surface area (Å²) in [7, 11) is 0. The van der Waals surface area contributed by atoms with Gasteiger partial charge in [0.25, 0.3) is 17.1 Å². The maximum atomic E-state index is 12.8. The molecule has 1 aliphatic rings. The summed E-state index contributed by atoms with van der Waals surface area (Å²) < 4.78 is 11.3. The molecule has 0 aromatic heterocycles. The predicted octanol–water partition coefficient (Wildman–Crippen LogP) is 5.78. The molecule has 0 unspecified atom stereocenters. The second kappa shape index (κ2) is 11.8. The predicted molar refractivity (Wildman–Crippen MR) is 141 cm³/mol. The lowest BCUT2D eigenvalue weighted by molar-refractivity contribution is -0.123. The number of para-hydroxylation sites is 1. The van der Waals surface area contributed by atoms with Crippen molar-refractivity contribution in [3.8, 4) is 11.5 Å². The van der Waals surface area contributed by atoms with E-state index in [4.69, 9.17) is 21.1 Å². The fraction of sp³-hybridized carbons (Fsp3) is 0.148. The summed E-state index contributed by atoms with van der Waals surface area (Å²) >= 11 is 6.93. The lowest BCUT2D eigenvalue weighted by Crippen LogP contribution is -2.32. The molecule has 4 rings (SSSR count). The molecule has 3 aromatic rings. The number of anilines is 1. The van der Waals surface area contributed by atoms with Gasteiger partial charge in [-0.25, -0.2) is 0 Å². The molecule has 0 spiro atoms. The normalized spacial score (nSPS) is 14.3. The summed E-state index contributed by atoms with van der Waals surface area (Å²) in [5.74, 6) is 0.407. The van der Waals surface area contributed by atoms with E-state index in [1.165, 1.54) is 4.90 Å². The van der Waals surface area contributed by atoms with Crippen molar-refractivity contribution < 1.29 is 23.9 Å². The number of rotatable bonds is 9. The number of carbonyl (C=O) groups excluding carboxylic acids is 3. The largest absolute Gasteiger partial charge is 0.492 e. The van der Waals surface area contributed by atoms with Crippen molar-refractivity contribution in [1.82, 2.24) is 4.90 Å². The number of carbonyl (C=O) groups is 3. The van der Waals surface area contributed by atoms with Crippen LogP contribution >= 0.6 is 23.4 Å². The number of aryl methyl sites for hydroxylation is 1. The van der Waals surface area contributed by atoms with E-state index in [2.05, 4.69) is 5.32 Å². The van der Waals surface area contributed by atoms with Crippen LogP contribution < -0.4 is 14.8 Å². The number of ether oxygens (including phenoxy) is 2. The maximum Gasteiger partial charge on any atom is 0.293 e. The molecule has 1 saturated heterocycles. The Hall–Kier alpha value is -3.75. The number of imide groups is 1. The van der Waals surface area contributed by atoms with Crippen LogP contribution in [0.15, 0.2) is 77.7 Å². The first kappa shape index (κ1) is 25.3. The number of hydrogen-bond donors (Lipinski definition) is 1. The van der Waals surface area contributed by atoms with Gasteiger partial charge in [0.1, 0.15) is 18.1 Å². The maximum absolute atomic E-state index is 12.8. The van der Waals surface area contributed by atoms with Gasteiger partial charge in [0.05, 0.1) is 22.2 Å². The van der Waals surface area contributed by atoms with E-state index in [1.54, 1.807) is 54.6 Å². The van der Waals surface area contributed by atoms with E-state index < -0.39 is 0 Å². The van der Waals surface area contributed by atoms with Gasteiger partial charge in [0, 0.05) is 0 Å². The number of amides is 3. The van der Waals surface area contributed by atoms with E-state index in [0.717, 1.165) is 17.3 Å². The number of thioether (sulfide) groups is 1. The molecule has 7 nitrogen and oxygen atoms in total. The van der Waals surface area contributed by atoms with Gasteiger partial charge in [-0.2, -0.15) is 0 Å². The smallest absolute Gasteiger partial charge is 0.293 e. The van der Waals surface area contributed by atoms with Crippen LogP contribution in [-0.4, -0.2) is 41.7 Å². The molecule has 0 atom stereocenters. The van der Waals surface area contributed by atoms with Crippen molar-refractivity contribution in [2.75, 3.05) is 25.1 Å². The van der Waals surface area contributed by atoms with Crippen LogP contribution in [0.5, 0.6) is 11.5 Å². The van der Waals surface area contributed by atoms with E-state index in [0.29, 0.717) is 32.7 Å². The summed E-state index contributed by atoms with van der Waals surface area (Å²) in [6.07, 6.45) is 1.63. The molecule has 0 radical (unpaired) electrons. The molecule has 36 heavy (non-hydrogen) atoms. The minimum absolute atomic E-state index is 0.152. The van der Waals surface area contributed by atoms with Gasteiger partial charge in [0.2, 0.25) is 0 Å². The minimum atomic E-state index is -0.372. The van der Waals surface area contributed by atoms with Crippen molar-refractivity contribution >= 4 is 52.2 Å². The Morgan fingerprint density at radius 1 is 1.00 bits per heavy atom. The Labute approximate surface area is 218 Å². The van der Waals surface area contributed by atoms with Crippen LogP contribution in [0.4, 0.5) is 10.5 Å². The Morgan fingerprint density at radius 3 is 2.53 bits per heavy atom. The molecular weight excluding hydrogens is 500 g/mol. The fourth-order valence-electron chi connectivity index (χ4n) is 3.40. The van der Waals surface area contributed by atoms with Crippen LogP contribution in [0.2, 0.25) is 5.02 Å². The van der Waals surface area contributed by atoms with Crippen LogP contribution in [0, 0.1) is 6.92 Å². The Kier molecular flexibility index (Phi) is 8.30. The van der Waals surface area contributed by atoms with E-state index >= 15 is 0 Å². The second-order valence-corrected chi connectivity index (χ2v) is 9.29. The molecule has 1 heterocycles. The van der Waals surface area contributed by atoms with Crippen molar-refractivity contribution in [2.24, 2.45) is 0 Å². The highest BCUT2D eigenvalue weighted by Crippen LogP contribution is 2.32. The highest BCUT2D eigenvalue weighted by atomic mass is 35.5. The molecule has 1 aliphatic heterocycles. The average molecular weight is 523 g/mol. The molecule has 1 fully saturated rings. The first-order valence-electron chi connectivity index (χ1n) is 11.1. The lowest BCUT2D eigenvalue weighted by atomic mass is 10.2. The van der Waals surface area contributed by atoms with Crippen molar-refractivity contribution in [3.63, 3.8) is 0 Å². The Morgan fingerprint density at radius 2 is 1.75 bits per heavy atom. The molecule has 0 bridgehead atoms. The zero-order valence-corrected chi connectivity index (χ0v) is 21.0. The SMILES string of the molecule is Cc1cccc(OCCN2C(=O)S/C(=C\c3cccc(OCC(=O)Nc4ccccc4Cl)c3)C2=O)c1. The Bertz CT molecular complexity index is 1330. The first-order valence-corrected chi connectivity index (χ1v) is 12.3. The molecular formula is C27H23ClN2O5S. The summed E-state index contributed by atoms with van der Waals surface area (Å²) in [5.41, 5.74) is 2.23. The quantitative estimate of drug-likeness (QED) is 0.358. The zero-order valence-electron chi connectivity index (χ0n) is 19.4. The van der Waals surface area contributed by atoms with Crippen molar-refractivity contribution in [2.45, 2.75) is 6.92 Å². The van der Waals surface area contributed by atoms with Gasteiger partial charge in [-0.15, -0.1) is 0 Å². The lowest BCUT2D eigenvalue weighted by Gasteiger charge is -2.13. The number of benzene rings is 3. The summed E-state index contributed by atoms with van der Waals surface area (Å²) in [6.45, 7) is 2.10. The molecule has 1 N–H and O–H groups in total. The van der Waals surface area contributed by atoms with Crippen LogP contribution in [0.25, 0.3) is 6.08 Å². The van der Waals surface area contributed by atoms with E-state index in [9.17, 15) is 14.4 Å². The van der Waals surface area contributed by atoms with Crippen molar-refractivity contribution in [1.29, 1.82) is 0 Å². The van der Waals surface area contributed by atoms with Crippen molar-refractivity contribution in [3.05, 3.63) is 93.9 Å². The average Bonchev–Trinajstić information content (AvgIpc) is 3.12. The first-order chi connectivity index (χ1) is 17.4. The highest BCUT2D eigenvalue weighted by Gasteiger charge is 2.34. The second-order valence-electron chi connectivity index (χ2n) is 7.89. The molecule has 0 aliphatic carbocycles. The fourth-order valence-corrected chi connectivity index (χ4v) is 4.44. The topological polar surface area (TPSA) is 84.9 Å². The van der Waals surface area contributed by atoms with Gasteiger partial charge in [-0.3, -0.25) is 19.3 Å². The van der Waals surface area contributed by atoms with Crippen LogP contribution in [0.3, 0.4) is 0 Å². The molecule has 184 valence electrons. The summed E-state index contributed by atoms with van der Waals surface area (Å²) in [5, 5.41) is 2.78. The third-order valence-corrected chi connectivity index (χ3v) is 6.36. The minimum Gasteiger partial charge on any atom is -0.492 e. The van der Waals surface area contributed by atoms with E-state index in [1.807, 2.05) is 31.2 Å². The summed E-state index contributed by atoms with van der Waals surface area (Å²) in [4.78, 5) is 38.9. The van der Waals surface area contributed by atoms with Gasteiger partial charge >= 0.3 is 0 Å². The highest BCUT2D eigenvalue weighted by molar-refractivity contribution is 8.18. The number of nitrogens with one attached hydrogen (secondary N) is 1. The van der Waals surface area contributed by atoms with Gasteiger partial charge in [0.15, 0.2) is 6.61 Å². The van der Waals surface area contributed by atoms with Gasteiger partial charge < -0.3 is 14.8 Å². The number of hydrogen-bond acceptors (Lipinski definition) is 6. The van der Waals surface area contributed by atoms with Gasteiger partial charge in [-0.05, 0) is 72.3 Å². The Balaban J connectivity index is 1.33. The monoisotopic (exact) mass is 522 g/mol. The van der Waals surface area contributed by atoms with E-state index in [-0.39, 0.29) is 36.8 Å². The third kappa shape index (κ3) is 6.68. The number of nitrogens with zero attached hydrogens (tertiary/aromatic N) is 1. The number of halogens is 1. The summed E-state index contributed by atoms with van der Waals surface area (Å²) in [6, 6.07) is 21.4. The molecule has 9 heteroatoms. The molecule has 3 aromatic carbocycles. The molecule has 0 saturated carbocycles. The van der Waals surface area contributed by atoms with Crippen LogP contribution in [-0.2, 0) is 9.59 Å².